The van der Waals surface area contributed by atoms with Crippen molar-refractivity contribution in [1.82, 2.24) is 29.9 Å². The Morgan fingerprint density at radius 3 is 2.69 bits per heavy atom. The number of amides is 1. The normalized spacial score (nSPS) is 10.7. The maximum atomic E-state index is 12.4. The molecule has 1 amide bonds. The molecule has 0 bridgehead atoms. The van der Waals surface area contributed by atoms with Gasteiger partial charge in [0.05, 0.1) is 6.54 Å². The highest BCUT2D eigenvalue weighted by molar-refractivity contribution is 5.91. The van der Waals surface area contributed by atoms with Gasteiger partial charge in [0.2, 0.25) is 0 Å². The average molecular weight is 352 g/mol. The number of benzene rings is 1. The van der Waals surface area contributed by atoms with Crippen molar-refractivity contribution >= 4 is 5.91 Å². The van der Waals surface area contributed by atoms with Gasteiger partial charge >= 0.3 is 0 Å². The van der Waals surface area contributed by atoms with Crippen LogP contribution >= 0.6 is 0 Å². The number of rotatable bonds is 7. The van der Waals surface area contributed by atoms with Crippen molar-refractivity contribution in [2.45, 2.75) is 33.0 Å². The lowest BCUT2D eigenvalue weighted by Gasteiger charge is -2.11. The number of hydrogen-bond donors (Lipinski definition) is 1. The quantitative estimate of drug-likeness (QED) is 0.690. The molecule has 8 nitrogen and oxygen atoms in total. The van der Waals surface area contributed by atoms with Crippen LogP contribution in [0.4, 0.5) is 0 Å². The van der Waals surface area contributed by atoms with Gasteiger partial charge in [-0.3, -0.25) is 9.59 Å². The molecule has 26 heavy (non-hydrogen) atoms. The van der Waals surface area contributed by atoms with E-state index in [1.54, 1.807) is 11.0 Å². The van der Waals surface area contributed by atoms with Crippen LogP contribution in [0.2, 0.25) is 0 Å². The van der Waals surface area contributed by atoms with Gasteiger partial charge in [-0.15, -0.1) is 0 Å². The molecule has 0 atom stereocenters. The number of carbonyl (C=O) groups is 1. The molecule has 0 spiro atoms. The Bertz CT molecular complexity index is 933. The van der Waals surface area contributed by atoms with E-state index in [-0.39, 0.29) is 17.2 Å². The van der Waals surface area contributed by atoms with E-state index >= 15 is 0 Å². The molecule has 0 fully saturated rings. The minimum absolute atomic E-state index is 0.207. The molecule has 0 aliphatic heterocycles. The number of aromatic nitrogens is 5. The van der Waals surface area contributed by atoms with E-state index in [0.717, 1.165) is 17.5 Å². The molecule has 134 valence electrons. The molecule has 0 radical (unpaired) electrons. The van der Waals surface area contributed by atoms with Crippen LogP contribution in [0.5, 0.6) is 0 Å². The van der Waals surface area contributed by atoms with Crippen LogP contribution in [0.25, 0.3) is 0 Å². The summed E-state index contributed by atoms with van der Waals surface area (Å²) in [4.78, 5) is 28.1. The van der Waals surface area contributed by atoms with Crippen LogP contribution in [0.15, 0.2) is 53.8 Å². The van der Waals surface area contributed by atoms with Gasteiger partial charge in [-0.25, -0.2) is 14.3 Å². The summed E-state index contributed by atoms with van der Waals surface area (Å²) in [7, 11) is 0. The third-order valence-corrected chi connectivity index (χ3v) is 3.89. The van der Waals surface area contributed by atoms with Crippen molar-refractivity contribution in [3.8, 4) is 0 Å². The van der Waals surface area contributed by atoms with Crippen LogP contribution < -0.4 is 10.9 Å². The van der Waals surface area contributed by atoms with Gasteiger partial charge in [0, 0.05) is 19.2 Å². The molecule has 8 heteroatoms. The lowest BCUT2D eigenvalue weighted by atomic mass is 10.1. The molecule has 1 aromatic carbocycles. The Morgan fingerprint density at radius 2 is 1.96 bits per heavy atom. The van der Waals surface area contributed by atoms with Crippen molar-refractivity contribution in [2.24, 2.45) is 0 Å². The summed E-state index contributed by atoms with van der Waals surface area (Å²) in [5.74, 6) is -0.314. The topological polar surface area (TPSA) is 94.7 Å². The molecule has 0 saturated heterocycles. The zero-order valence-electron chi connectivity index (χ0n) is 14.5. The molecule has 2 aromatic heterocycles. The second-order valence-corrected chi connectivity index (χ2v) is 5.82. The summed E-state index contributed by atoms with van der Waals surface area (Å²) >= 11 is 0. The SMILES string of the molecule is CCCn1nc(C(=O)NCc2ccccc2Cn2cncn2)ccc1=O. The van der Waals surface area contributed by atoms with E-state index in [9.17, 15) is 9.59 Å². The van der Waals surface area contributed by atoms with E-state index < -0.39 is 0 Å². The first-order valence-corrected chi connectivity index (χ1v) is 8.43. The second-order valence-electron chi connectivity index (χ2n) is 5.82. The minimum atomic E-state index is -0.314. The zero-order valence-corrected chi connectivity index (χ0v) is 14.5. The van der Waals surface area contributed by atoms with Gasteiger partial charge in [0.1, 0.15) is 18.3 Å². The first-order chi connectivity index (χ1) is 12.7. The molecular weight excluding hydrogens is 332 g/mol. The molecule has 0 saturated carbocycles. The Balaban J connectivity index is 1.70. The van der Waals surface area contributed by atoms with E-state index in [2.05, 4.69) is 20.5 Å². The molecule has 0 unspecified atom stereocenters. The predicted molar refractivity (Wildman–Crippen MR) is 95.5 cm³/mol. The van der Waals surface area contributed by atoms with Crippen LogP contribution in [0.1, 0.15) is 35.0 Å². The highest BCUT2D eigenvalue weighted by atomic mass is 16.2. The van der Waals surface area contributed by atoms with Crippen LogP contribution in [-0.4, -0.2) is 30.5 Å². The van der Waals surface area contributed by atoms with Gasteiger partial charge in [-0.05, 0) is 23.6 Å². The van der Waals surface area contributed by atoms with Gasteiger partial charge in [0.25, 0.3) is 11.5 Å². The number of aryl methyl sites for hydroxylation is 1. The number of hydrogen-bond acceptors (Lipinski definition) is 5. The first-order valence-electron chi connectivity index (χ1n) is 8.43. The highest BCUT2D eigenvalue weighted by Crippen LogP contribution is 2.10. The van der Waals surface area contributed by atoms with Gasteiger partial charge in [-0.1, -0.05) is 31.2 Å². The van der Waals surface area contributed by atoms with Gasteiger partial charge in [-0.2, -0.15) is 10.2 Å². The summed E-state index contributed by atoms with van der Waals surface area (Å²) in [6.07, 6.45) is 3.91. The van der Waals surface area contributed by atoms with Crippen molar-refractivity contribution in [1.29, 1.82) is 0 Å². The van der Waals surface area contributed by atoms with Crippen molar-refractivity contribution < 1.29 is 4.79 Å². The van der Waals surface area contributed by atoms with Crippen molar-refractivity contribution in [3.63, 3.8) is 0 Å². The lowest BCUT2D eigenvalue weighted by Crippen LogP contribution is -2.29. The molecule has 3 rings (SSSR count). The summed E-state index contributed by atoms with van der Waals surface area (Å²) in [6, 6.07) is 10.6. The molecular formula is C18H20N6O2. The van der Waals surface area contributed by atoms with Crippen LogP contribution in [0, 0.1) is 0 Å². The monoisotopic (exact) mass is 352 g/mol. The van der Waals surface area contributed by atoms with Crippen LogP contribution in [-0.2, 0) is 19.6 Å². The largest absolute Gasteiger partial charge is 0.347 e. The number of nitrogens with one attached hydrogen (secondary N) is 1. The summed E-state index contributed by atoms with van der Waals surface area (Å²) in [6.45, 7) is 3.37. The minimum Gasteiger partial charge on any atom is -0.347 e. The molecule has 1 N–H and O–H groups in total. The Hall–Kier alpha value is -3.29. The number of carbonyl (C=O) groups excluding carboxylic acids is 1. The summed E-state index contributed by atoms with van der Waals surface area (Å²) in [5.41, 5.74) is 2.05. The van der Waals surface area contributed by atoms with E-state index in [1.165, 1.54) is 23.1 Å². The number of nitrogens with zero attached hydrogens (tertiary/aromatic N) is 5. The average Bonchev–Trinajstić information content (AvgIpc) is 3.16. The summed E-state index contributed by atoms with van der Waals surface area (Å²) < 4.78 is 3.04. The van der Waals surface area contributed by atoms with Crippen molar-refractivity contribution in [3.05, 3.63) is 76.2 Å². The third kappa shape index (κ3) is 4.21. The maximum absolute atomic E-state index is 12.4. The smallest absolute Gasteiger partial charge is 0.271 e. The fraction of sp³-hybridized carbons (Fsp3) is 0.278. The standard InChI is InChI=1S/C18H20N6O2/c1-2-9-24-17(25)8-7-16(22-24)18(26)20-10-14-5-3-4-6-15(14)11-23-13-19-12-21-23/h3-8,12-13H,2,9-11H2,1H3,(H,20,26). The predicted octanol–water partition coefficient (Wildman–Crippen LogP) is 1.22. The van der Waals surface area contributed by atoms with E-state index in [4.69, 9.17) is 0 Å². The zero-order chi connectivity index (χ0) is 18.4. The van der Waals surface area contributed by atoms with Crippen LogP contribution in [0.3, 0.4) is 0 Å². The molecule has 0 aliphatic rings. The molecule has 2 heterocycles. The first kappa shape index (κ1) is 17.5. The lowest BCUT2D eigenvalue weighted by molar-refractivity contribution is 0.0943. The fourth-order valence-electron chi connectivity index (χ4n) is 2.58. The maximum Gasteiger partial charge on any atom is 0.271 e. The van der Waals surface area contributed by atoms with Gasteiger partial charge < -0.3 is 5.32 Å². The van der Waals surface area contributed by atoms with Crippen molar-refractivity contribution in [2.75, 3.05) is 0 Å². The molecule has 3 aromatic rings. The Kier molecular flexibility index (Phi) is 5.52. The van der Waals surface area contributed by atoms with Gasteiger partial charge in [0.15, 0.2) is 0 Å². The third-order valence-electron chi connectivity index (χ3n) is 3.89. The molecule has 0 aliphatic carbocycles. The summed E-state index contributed by atoms with van der Waals surface area (Å²) in [5, 5.41) is 11.1. The van der Waals surface area contributed by atoms with E-state index in [0.29, 0.717) is 19.6 Å². The van der Waals surface area contributed by atoms with E-state index in [1.807, 2.05) is 31.2 Å². The fourth-order valence-corrected chi connectivity index (χ4v) is 2.58. The Morgan fingerprint density at radius 1 is 1.15 bits per heavy atom. The Labute approximate surface area is 150 Å². The highest BCUT2D eigenvalue weighted by Gasteiger charge is 2.11. The second kappa shape index (κ2) is 8.19.